The minimum absolute atomic E-state index is 0.140. The van der Waals surface area contributed by atoms with Crippen LogP contribution in [-0.4, -0.2) is 34.1 Å². The van der Waals surface area contributed by atoms with Crippen molar-refractivity contribution < 1.29 is 19.1 Å². The molecule has 1 aromatic carbocycles. The molecule has 2 rings (SSSR count). The predicted octanol–water partition coefficient (Wildman–Crippen LogP) is 0.945. The van der Waals surface area contributed by atoms with E-state index >= 15 is 0 Å². The Morgan fingerprint density at radius 3 is 2.57 bits per heavy atom. The van der Waals surface area contributed by atoms with Gasteiger partial charge in [-0.15, -0.1) is 0 Å². The van der Waals surface area contributed by atoms with Gasteiger partial charge in [0.2, 0.25) is 11.6 Å². The average Bonchev–Trinajstić information content (AvgIpc) is 2.46. The van der Waals surface area contributed by atoms with Crippen LogP contribution in [0.4, 0.5) is 4.39 Å². The largest absolute Gasteiger partial charge is 0.365 e. The molecule has 1 unspecified atom stereocenters. The van der Waals surface area contributed by atoms with E-state index in [0.717, 1.165) is 12.0 Å². The summed E-state index contributed by atoms with van der Waals surface area (Å²) in [6.07, 6.45) is 2.12. The molecule has 0 aliphatic carbocycles. The fourth-order valence-electron chi connectivity index (χ4n) is 2.59. The Morgan fingerprint density at radius 2 is 1.95 bits per heavy atom. The molecule has 6 heteroatoms. The third kappa shape index (κ3) is 3.39. The number of benzene rings is 1. The third-order valence-corrected chi connectivity index (χ3v) is 3.84. The Labute approximate surface area is 122 Å². The van der Waals surface area contributed by atoms with E-state index < -0.39 is 11.6 Å². The van der Waals surface area contributed by atoms with Crippen molar-refractivity contribution in [3.63, 3.8) is 0 Å². The van der Waals surface area contributed by atoms with Gasteiger partial charge in [-0.05, 0) is 37.0 Å². The summed E-state index contributed by atoms with van der Waals surface area (Å²) in [5.41, 5.74) is 4.18. The standard InChI is InChI=1S/C15H19FN2O3/c16-12-6-3-11(4-7-12)5-8-13(19)18-10-2-1-9-15(18,21)14(17)20/h3-4,6-7,21H,1-2,5,8-10H2,(H2,17,20). The predicted molar refractivity (Wildman–Crippen MR) is 74.4 cm³/mol. The number of aryl methyl sites for hydroxylation is 1. The van der Waals surface area contributed by atoms with Gasteiger partial charge in [-0.1, -0.05) is 12.1 Å². The molecular weight excluding hydrogens is 275 g/mol. The Bertz CT molecular complexity index is 532. The molecular formula is C15H19FN2O3. The minimum Gasteiger partial charge on any atom is -0.365 e. The highest BCUT2D eigenvalue weighted by Gasteiger charge is 2.44. The first kappa shape index (κ1) is 15.4. The quantitative estimate of drug-likeness (QED) is 0.867. The number of hydrogen-bond donors (Lipinski definition) is 2. The third-order valence-electron chi connectivity index (χ3n) is 3.84. The molecule has 3 N–H and O–H groups in total. The van der Waals surface area contributed by atoms with Crippen molar-refractivity contribution in [2.75, 3.05) is 6.54 Å². The lowest BCUT2D eigenvalue weighted by Gasteiger charge is -2.40. The van der Waals surface area contributed by atoms with Gasteiger partial charge in [0.1, 0.15) is 5.82 Å². The summed E-state index contributed by atoms with van der Waals surface area (Å²) in [6.45, 7) is 0.321. The second-order valence-electron chi connectivity index (χ2n) is 5.31. The smallest absolute Gasteiger partial charge is 0.270 e. The number of amides is 2. The van der Waals surface area contributed by atoms with Gasteiger partial charge < -0.3 is 15.7 Å². The molecule has 0 aromatic heterocycles. The monoisotopic (exact) mass is 294 g/mol. The maximum atomic E-state index is 12.8. The summed E-state index contributed by atoms with van der Waals surface area (Å²) in [4.78, 5) is 24.9. The van der Waals surface area contributed by atoms with E-state index in [0.29, 0.717) is 19.4 Å². The maximum Gasteiger partial charge on any atom is 0.270 e. The number of likely N-dealkylation sites (tertiary alicyclic amines) is 1. The molecule has 1 aliphatic heterocycles. The van der Waals surface area contributed by atoms with Crippen molar-refractivity contribution in [2.24, 2.45) is 5.73 Å². The number of halogens is 1. The lowest BCUT2D eigenvalue weighted by atomic mass is 9.96. The first-order valence-electron chi connectivity index (χ1n) is 7.00. The van der Waals surface area contributed by atoms with Crippen LogP contribution in [0.2, 0.25) is 0 Å². The first-order chi connectivity index (χ1) is 9.93. The molecule has 0 bridgehead atoms. The van der Waals surface area contributed by atoms with E-state index in [4.69, 9.17) is 5.73 Å². The second-order valence-corrected chi connectivity index (χ2v) is 5.31. The van der Waals surface area contributed by atoms with Gasteiger partial charge in [-0.3, -0.25) is 9.59 Å². The van der Waals surface area contributed by atoms with Crippen LogP contribution in [-0.2, 0) is 16.0 Å². The van der Waals surface area contributed by atoms with E-state index in [-0.39, 0.29) is 24.6 Å². The van der Waals surface area contributed by atoms with Crippen LogP contribution in [0.5, 0.6) is 0 Å². The Hall–Kier alpha value is -1.95. The number of aliphatic hydroxyl groups is 1. The lowest BCUT2D eigenvalue weighted by Crippen LogP contribution is -2.61. The number of nitrogens with zero attached hydrogens (tertiary/aromatic N) is 1. The molecule has 5 nitrogen and oxygen atoms in total. The van der Waals surface area contributed by atoms with Gasteiger partial charge >= 0.3 is 0 Å². The summed E-state index contributed by atoms with van der Waals surface area (Å²) < 4.78 is 12.8. The number of nitrogens with two attached hydrogens (primary N) is 1. The van der Waals surface area contributed by atoms with E-state index in [9.17, 15) is 19.1 Å². The van der Waals surface area contributed by atoms with Crippen molar-refractivity contribution >= 4 is 11.8 Å². The van der Waals surface area contributed by atoms with Gasteiger partial charge in [-0.25, -0.2) is 4.39 Å². The zero-order chi connectivity index (χ0) is 15.5. The topological polar surface area (TPSA) is 83.6 Å². The highest BCUT2D eigenvalue weighted by molar-refractivity contribution is 5.89. The van der Waals surface area contributed by atoms with Gasteiger partial charge in [-0.2, -0.15) is 0 Å². The molecule has 0 spiro atoms. The molecule has 114 valence electrons. The van der Waals surface area contributed by atoms with Crippen molar-refractivity contribution in [3.8, 4) is 0 Å². The fraction of sp³-hybridized carbons (Fsp3) is 0.467. The minimum atomic E-state index is -1.88. The van der Waals surface area contributed by atoms with Crippen LogP contribution in [0.15, 0.2) is 24.3 Å². The number of hydrogen-bond acceptors (Lipinski definition) is 3. The van der Waals surface area contributed by atoms with Crippen LogP contribution in [0.3, 0.4) is 0 Å². The fourth-order valence-corrected chi connectivity index (χ4v) is 2.59. The zero-order valence-corrected chi connectivity index (χ0v) is 11.7. The van der Waals surface area contributed by atoms with Crippen molar-refractivity contribution in [2.45, 2.75) is 37.8 Å². The molecule has 1 fully saturated rings. The molecule has 1 atom stereocenters. The van der Waals surface area contributed by atoms with Gasteiger partial charge in [0.25, 0.3) is 5.91 Å². The lowest BCUT2D eigenvalue weighted by molar-refractivity contribution is -0.179. The summed E-state index contributed by atoms with van der Waals surface area (Å²) in [5.74, 6) is -1.54. The maximum absolute atomic E-state index is 12.8. The molecule has 1 saturated heterocycles. The first-order valence-corrected chi connectivity index (χ1v) is 7.00. The number of primary amides is 1. The highest BCUT2D eigenvalue weighted by atomic mass is 19.1. The Balaban J connectivity index is 2.01. The van der Waals surface area contributed by atoms with E-state index in [2.05, 4.69) is 0 Å². The second kappa shape index (κ2) is 6.22. The average molecular weight is 294 g/mol. The van der Waals surface area contributed by atoms with Crippen LogP contribution in [0.1, 0.15) is 31.2 Å². The normalized spacial score (nSPS) is 22.1. The molecule has 1 aromatic rings. The summed E-state index contributed by atoms with van der Waals surface area (Å²) >= 11 is 0. The Morgan fingerprint density at radius 1 is 1.29 bits per heavy atom. The van der Waals surface area contributed by atoms with Crippen LogP contribution in [0, 0.1) is 5.82 Å². The number of carbonyl (C=O) groups excluding carboxylic acids is 2. The number of carbonyl (C=O) groups is 2. The zero-order valence-electron chi connectivity index (χ0n) is 11.7. The molecule has 0 saturated carbocycles. The summed E-state index contributed by atoms with van der Waals surface area (Å²) in [7, 11) is 0. The number of rotatable bonds is 4. The molecule has 2 amide bonds. The van der Waals surface area contributed by atoms with Crippen LogP contribution < -0.4 is 5.73 Å². The molecule has 1 aliphatic rings. The Kier molecular flexibility index (Phi) is 4.57. The van der Waals surface area contributed by atoms with Crippen molar-refractivity contribution in [3.05, 3.63) is 35.6 Å². The van der Waals surface area contributed by atoms with E-state index in [1.165, 1.54) is 17.0 Å². The van der Waals surface area contributed by atoms with Gasteiger partial charge in [0, 0.05) is 19.4 Å². The van der Waals surface area contributed by atoms with E-state index in [1.54, 1.807) is 12.1 Å². The molecule has 0 radical (unpaired) electrons. The highest BCUT2D eigenvalue weighted by Crippen LogP contribution is 2.26. The molecule has 1 heterocycles. The van der Waals surface area contributed by atoms with Crippen molar-refractivity contribution in [1.82, 2.24) is 4.90 Å². The van der Waals surface area contributed by atoms with Crippen LogP contribution in [0.25, 0.3) is 0 Å². The van der Waals surface area contributed by atoms with Crippen molar-refractivity contribution in [1.29, 1.82) is 0 Å². The van der Waals surface area contributed by atoms with Crippen LogP contribution >= 0.6 is 0 Å². The van der Waals surface area contributed by atoms with Gasteiger partial charge in [0.15, 0.2) is 0 Å². The summed E-state index contributed by atoms with van der Waals surface area (Å²) in [6, 6.07) is 5.89. The number of piperidine rings is 1. The van der Waals surface area contributed by atoms with E-state index in [1.807, 2.05) is 0 Å². The molecule has 21 heavy (non-hydrogen) atoms. The SMILES string of the molecule is NC(=O)C1(O)CCCCN1C(=O)CCc1ccc(F)cc1. The van der Waals surface area contributed by atoms with Gasteiger partial charge in [0.05, 0.1) is 0 Å². The summed E-state index contributed by atoms with van der Waals surface area (Å²) in [5, 5.41) is 10.3.